The van der Waals surface area contributed by atoms with Gasteiger partial charge in [0.15, 0.2) is 0 Å². The minimum Gasteiger partial charge on any atom is -0.373 e. The average molecular weight is 289 g/mol. The molecule has 6 heteroatoms. The van der Waals surface area contributed by atoms with Crippen LogP contribution in [-0.2, 0) is 25.4 Å². The third-order valence-electron chi connectivity index (χ3n) is 4.15. The number of hydrogen-bond acceptors (Lipinski definition) is 4. The van der Waals surface area contributed by atoms with E-state index in [4.69, 9.17) is 4.74 Å². The van der Waals surface area contributed by atoms with Gasteiger partial charge in [-0.05, 0) is 13.5 Å². The Hall–Kier alpha value is -1.66. The van der Waals surface area contributed by atoms with Gasteiger partial charge >= 0.3 is 0 Å². The Morgan fingerprint density at radius 2 is 2.29 bits per heavy atom. The minimum atomic E-state index is 0.169. The van der Waals surface area contributed by atoms with Crippen molar-refractivity contribution in [2.75, 3.05) is 20.2 Å². The van der Waals surface area contributed by atoms with Gasteiger partial charge in [0.1, 0.15) is 5.82 Å². The molecule has 0 radical (unpaired) electrons. The third-order valence-corrected chi connectivity index (χ3v) is 4.15. The molecule has 0 N–H and O–H groups in total. The fourth-order valence-corrected chi connectivity index (χ4v) is 3.03. The molecule has 0 spiro atoms. The molecule has 3 heterocycles. The second-order valence-corrected chi connectivity index (χ2v) is 5.94. The van der Waals surface area contributed by atoms with Crippen molar-refractivity contribution < 1.29 is 4.74 Å². The maximum absolute atomic E-state index is 5.92. The fourth-order valence-electron chi connectivity index (χ4n) is 3.03. The highest BCUT2D eigenvalue weighted by Crippen LogP contribution is 2.34. The number of aromatic nitrogens is 4. The van der Waals surface area contributed by atoms with Crippen LogP contribution in [0.25, 0.3) is 0 Å². The SMILES string of the molecule is CN(Cc1nccn1C)C[C@H]1CCO[C@@H]1c1cnn(C)c1. The summed E-state index contributed by atoms with van der Waals surface area (Å²) in [6.45, 7) is 2.70. The van der Waals surface area contributed by atoms with Crippen LogP contribution in [0.2, 0.25) is 0 Å². The summed E-state index contributed by atoms with van der Waals surface area (Å²) in [5, 5.41) is 4.26. The van der Waals surface area contributed by atoms with Crippen LogP contribution in [0.1, 0.15) is 23.9 Å². The first-order chi connectivity index (χ1) is 10.1. The van der Waals surface area contributed by atoms with Crippen molar-refractivity contribution >= 4 is 0 Å². The number of hydrogen-bond donors (Lipinski definition) is 0. The molecule has 2 aromatic rings. The summed E-state index contributed by atoms with van der Waals surface area (Å²) in [5.41, 5.74) is 1.19. The van der Waals surface area contributed by atoms with Crippen molar-refractivity contribution in [2.24, 2.45) is 20.0 Å². The lowest BCUT2D eigenvalue weighted by Gasteiger charge is -2.23. The van der Waals surface area contributed by atoms with E-state index in [0.717, 1.165) is 31.9 Å². The first kappa shape index (κ1) is 14.3. The molecule has 2 atom stereocenters. The number of rotatable bonds is 5. The van der Waals surface area contributed by atoms with E-state index in [2.05, 4.69) is 32.8 Å². The van der Waals surface area contributed by atoms with Gasteiger partial charge in [-0.25, -0.2) is 4.98 Å². The molecule has 1 aliphatic heterocycles. The molecule has 0 aliphatic carbocycles. The van der Waals surface area contributed by atoms with Crippen molar-refractivity contribution in [2.45, 2.75) is 19.1 Å². The van der Waals surface area contributed by atoms with Crippen molar-refractivity contribution in [1.82, 2.24) is 24.2 Å². The molecule has 1 aliphatic rings. The Labute approximate surface area is 125 Å². The smallest absolute Gasteiger partial charge is 0.122 e. The maximum Gasteiger partial charge on any atom is 0.122 e. The topological polar surface area (TPSA) is 48.1 Å². The molecule has 0 unspecified atom stereocenters. The quantitative estimate of drug-likeness (QED) is 0.834. The summed E-state index contributed by atoms with van der Waals surface area (Å²) in [4.78, 5) is 6.71. The molecule has 0 bridgehead atoms. The van der Waals surface area contributed by atoms with E-state index in [1.807, 2.05) is 37.4 Å². The van der Waals surface area contributed by atoms with Gasteiger partial charge in [0, 0.05) is 57.3 Å². The Kier molecular flexibility index (Phi) is 4.07. The van der Waals surface area contributed by atoms with E-state index in [1.165, 1.54) is 5.56 Å². The zero-order valence-electron chi connectivity index (χ0n) is 12.9. The Morgan fingerprint density at radius 3 is 2.95 bits per heavy atom. The van der Waals surface area contributed by atoms with Crippen LogP contribution >= 0.6 is 0 Å². The van der Waals surface area contributed by atoms with Crippen molar-refractivity contribution in [3.8, 4) is 0 Å². The predicted octanol–water partition coefficient (Wildman–Crippen LogP) is 1.36. The molecule has 1 fully saturated rings. The van der Waals surface area contributed by atoms with Crippen LogP contribution in [0.15, 0.2) is 24.8 Å². The minimum absolute atomic E-state index is 0.169. The Bertz CT molecular complexity index is 590. The van der Waals surface area contributed by atoms with Crippen LogP contribution in [0.4, 0.5) is 0 Å². The number of nitrogens with zero attached hydrogens (tertiary/aromatic N) is 5. The van der Waals surface area contributed by atoms with Crippen molar-refractivity contribution in [3.63, 3.8) is 0 Å². The molecular formula is C15H23N5O. The highest BCUT2D eigenvalue weighted by molar-refractivity contribution is 5.11. The van der Waals surface area contributed by atoms with E-state index in [1.54, 1.807) is 0 Å². The van der Waals surface area contributed by atoms with Crippen LogP contribution in [0, 0.1) is 5.92 Å². The second-order valence-electron chi connectivity index (χ2n) is 5.94. The highest BCUT2D eigenvalue weighted by Gasteiger charge is 2.31. The average Bonchev–Trinajstić information content (AvgIpc) is 3.13. The first-order valence-electron chi connectivity index (χ1n) is 7.38. The summed E-state index contributed by atoms with van der Waals surface area (Å²) in [6, 6.07) is 0. The van der Waals surface area contributed by atoms with E-state index in [9.17, 15) is 0 Å². The lowest BCUT2D eigenvalue weighted by Crippen LogP contribution is -2.28. The molecule has 3 rings (SSSR count). The second kappa shape index (κ2) is 5.99. The van der Waals surface area contributed by atoms with Gasteiger partial charge < -0.3 is 9.30 Å². The largest absolute Gasteiger partial charge is 0.373 e. The summed E-state index contributed by atoms with van der Waals surface area (Å²) in [5.74, 6) is 1.61. The number of ether oxygens (including phenoxy) is 1. The van der Waals surface area contributed by atoms with Gasteiger partial charge in [-0.1, -0.05) is 0 Å². The summed E-state index contributed by atoms with van der Waals surface area (Å²) in [6.07, 6.45) is 9.08. The third kappa shape index (κ3) is 3.16. The molecule has 2 aromatic heterocycles. The Balaban J connectivity index is 1.62. The summed E-state index contributed by atoms with van der Waals surface area (Å²) in [7, 11) is 6.13. The summed E-state index contributed by atoms with van der Waals surface area (Å²) < 4.78 is 9.83. The zero-order chi connectivity index (χ0) is 14.8. The van der Waals surface area contributed by atoms with E-state index >= 15 is 0 Å². The number of imidazole rings is 1. The molecule has 21 heavy (non-hydrogen) atoms. The molecule has 6 nitrogen and oxygen atoms in total. The molecule has 0 amide bonds. The molecular weight excluding hydrogens is 266 g/mol. The van der Waals surface area contributed by atoms with Gasteiger partial charge in [0.25, 0.3) is 0 Å². The Morgan fingerprint density at radius 1 is 1.43 bits per heavy atom. The lowest BCUT2D eigenvalue weighted by molar-refractivity contribution is 0.0801. The lowest BCUT2D eigenvalue weighted by atomic mass is 9.97. The van der Waals surface area contributed by atoms with E-state index in [0.29, 0.717) is 5.92 Å². The van der Waals surface area contributed by atoms with Gasteiger partial charge in [0.2, 0.25) is 0 Å². The van der Waals surface area contributed by atoms with Crippen LogP contribution in [0.5, 0.6) is 0 Å². The summed E-state index contributed by atoms with van der Waals surface area (Å²) >= 11 is 0. The van der Waals surface area contributed by atoms with Gasteiger partial charge in [-0.2, -0.15) is 5.10 Å². The van der Waals surface area contributed by atoms with Crippen LogP contribution in [0.3, 0.4) is 0 Å². The monoisotopic (exact) mass is 289 g/mol. The molecule has 0 saturated carbocycles. The maximum atomic E-state index is 5.92. The molecule has 1 saturated heterocycles. The molecule has 114 valence electrons. The predicted molar refractivity (Wildman–Crippen MR) is 79.6 cm³/mol. The molecule has 0 aromatic carbocycles. The zero-order valence-corrected chi connectivity index (χ0v) is 12.9. The van der Waals surface area contributed by atoms with E-state index in [-0.39, 0.29) is 6.10 Å². The van der Waals surface area contributed by atoms with E-state index < -0.39 is 0 Å². The fraction of sp³-hybridized carbons (Fsp3) is 0.600. The van der Waals surface area contributed by atoms with Gasteiger partial charge in [0.05, 0.1) is 18.8 Å². The van der Waals surface area contributed by atoms with Crippen molar-refractivity contribution in [1.29, 1.82) is 0 Å². The van der Waals surface area contributed by atoms with Gasteiger partial charge in [-0.15, -0.1) is 0 Å². The van der Waals surface area contributed by atoms with Crippen LogP contribution in [-0.4, -0.2) is 44.4 Å². The van der Waals surface area contributed by atoms with Gasteiger partial charge in [-0.3, -0.25) is 9.58 Å². The normalized spacial score (nSPS) is 22.3. The first-order valence-corrected chi connectivity index (χ1v) is 7.38. The highest BCUT2D eigenvalue weighted by atomic mass is 16.5. The number of aryl methyl sites for hydroxylation is 2. The standard InChI is InChI=1S/C15H23N5O/c1-18(11-14-16-5-6-19(14)2)9-12-4-7-21-15(12)13-8-17-20(3)10-13/h5-6,8,10,12,15H,4,7,9,11H2,1-3H3/t12-,15+/m1/s1. The van der Waals surface area contributed by atoms with Crippen LogP contribution < -0.4 is 0 Å². The van der Waals surface area contributed by atoms with Crippen molar-refractivity contribution in [3.05, 3.63) is 36.2 Å².